The lowest BCUT2D eigenvalue weighted by Gasteiger charge is -2.19. The number of benzene rings is 2. The first kappa shape index (κ1) is 30.9. The predicted octanol–water partition coefficient (Wildman–Crippen LogP) is 4.58. The summed E-state index contributed by atoms with van der Waals surface area (Å²) in [4.78, 5) is 34.2. The molecule has 3 atom stereocenters. The van der Waals surface area contributed by atoms with Crippen molar-refractivity contribution < 1.29 is 42.6 Å². The zero-order valence-corrected chi connectivity index (χ0v) is 23.2. The summed E-state index contributed by atoms with van der Waals surface area (Å²) in [5, 5.41) is 0.171. The van der Waals surface area contributed by atoms with Crippen molar-refractivity contribution in [3.8, 4) is 11.5 Å². The van der Waals surface area contributed by atoms with Crippen LogP contribution in [0.4, 0.5) is 0 Å². The molecular formula is C24H25Cl3O9S. The van der Waals surface area contributed by atoms with Crippen LogP contribution in [0.1, 0.15) is 20.8 Å². The molecule has 0 amide bonds. The van der Waals surface area contributed by atoms with Gasteiger partial charge in [-0.2, -0.15) is 0 Å². The molecule has 0 saturated carbocycles. The van der Waals surface area contributed by atoms with Crippen LogP contribution in [0.3, 0.4) is 0 Å². The molecule has 0 fully saturated rings. The van der Waals surface area contributed by atoms with Gasteiger partial charge in [-0.3, -0.25) is 14.4 Å². The summed E-state index contributed by atoms with van der Waals surface area (Å²) < 4.78 is 39.2. The van der Waals surface area contributed by atoms with E-state index in [1.54, 1.807) is 24.3 Å². The van der Waals surface area contributed by atoms with Gasteiger partial charge in [0.2, 0.25) is 0 Å². The average molecular weight is 596 g/mol. The Bertz CT molecular complexity index is 1060. The van der Waals surface area contributed by atoms with Crippen LogP contribution in [0.15, 0.2) is 46.2 Å². The van der Waals surface area contributed by atoms with Crippen LogP contribution in [0.2, 0.25) is 10.0 Å². The van der Waals surface area contributed by atoms with Crippen molar-refractivity contribution in [3.05, 3.63) is 46.4 Å². The Morgan fingerprint density at radius 1 is 0.811 bits per heavy atom. The van der Waals surface area contributed by atoms with Gasteiger partial charge in [-0.1, -0.05) is 23.2 Å². The Labute approximate surface area is 232 Å². The van der Waals surface area contributed by atoms with Gasteiger partial charge < -0.3 is 28.2 Å². The number of rotatable bonds is 13. The highest BCUT2D eigenvalue weighted by atomic mass is 35.5. The highest BCUT2D eigenvalue weighted by molar-refractivity contribution is 7.91. The molecule has 2 aromatic rings. The van der Waals surface area contributed by atoms with Crippen LogP contribution in [0, 0.1) is 0 Å². The smallest absolute Gasteiger partial charge is 0.303 e. The Kier molecular flexibility index (Phi) is 12.6. The van der Waals surface area contributed by atoms with E-state index in [1.165, 1.54) is 32.9 Å². The summed E-state index contributed by atoms with van der Waals surface area (Å²) in [6, 6.07) is 9.34. The maximum Gasteiger partial charge on any atom is 0.303 e. The van der Waals surface area contributed by atoms with E-state index in [-0.39, 0.29) is 41.5 Å². The lowest BCUT2D eigenvalue weighted by atomic mass is 10.3. The van der Waals surface area contributed by atoms with E-state index in [0.29, 0.717) is 15.5 Å². The second-order valence-electron chi connectivity index (χ2n) is 7.50. The first-order valence-corrected chi connectivity index (χ1v) is 13.2. The molecule has 0 aromatic heterocycles. The molecular weight excluding hydrogens is 571 g/mol. The number of hydrogen-bond donors (Lipinski definition) is 0. The molecule has 0 aliphatic rings. The lowest BCUT2D eigenvalue weighted by Crippen LogP contribution is -2.30. The van der Waals surface area contributed by atoms with Gasteiger partial charge in [0.05, 0.1) is 15.9 Å². The molecule has 0 heterocycles. The number of esters is 3. The van der Waals surface area contributed by atoms with E-state index in [1.807, 2.05) is 0 Å². The van der Waals surface area contributed by atoms with Gasteiger partial charge in [0, 0.05) is 44.1 Å². The van der Waals surface area contributed by atoms with Crippen molar-refractivity contribution in [1.29, 1.82) is 0 Å². The Balaban J connectivity index is 2.06. The summed E-state index contributed by atoms with van der Waals surface area (Å²) in [7, 11) is 0. The van der Waals surface area contributed by atoms with Crippen LogP contribution >= 0.6 is 34.8 Å². The van der Waals surface area contributed by atoms with Crippen molar-refractivity contribution in [1.82, 2.24) is 0 Å². The summed E-state index contributed by atoms with van der Waals surface area (Å²) in [5.41, 5.74) is 0. The minimum atomic E-state index is -1.63. The van der Waals surface area contributed by atoms with E-state index < -0.39 is 41.3 Å². The van der Waals surface area contributed by atoms with Crippen molar-refractivity contribution in [2.24, 2.45) is 0 Å². The fraction of sp³-hybridized carbons (Fsp3) is 0.375. The minimum absolute atomic E-state index is 0.0668. The van der Waals surface area contributed by atoms with Gasteiger partial charge in [0.1, 0.15) is 31.7 Å². The fourth-order valence-corrected chi connectivity index (χ4v) is 4.83. The topological polar surface area (TPSA) is 120 Å². The Hall–Kier alpha value is -2.37. The molecule has 0 spiro atoms. The molecule has 1 unspecified atom stereocenters. The van der Waals surface area contributed by atoms with E-state index in [9.17, 15) is 18.9 Å². The van der Waals surface area contributed by atoms with Crippen molar-refractivity contribution in [3.63, 3.8) is 0 Å². The van der Waals surface area contributed by atoms with Gasteiger partial charge in [0.15, 0.2) is 21.6 Å². The third-order valence-corrected chi connectivity index (χ3v) is 6.65. The molecule has 9 nitrogen and oxygen atoms in total. The number of ether oxygens (including phenoxy) is 5. The summed E-state index contributed by atoms with van der Waals surface area (Å²) in [6.07, 6.45) is -1.47. The molecule has 0 N–H and O–H groups in total. The highest BCUT2D eigenvalue weighted by Crippen LogP contribution is 2.37. The minimum Gasteiger partial charge on any atom is -0.606 e. The van der Waals surface area contributed by atoms with Crippen LogP contribution in [0.25, 0.3) is 0 Å². The highest BCUT2D eigenvalue weighted by Gasteiger charge is 2.22. The maximum absolute atomic E-state index is 13.1. The number of carbonyl (C=O) groups is 3. The predicted molar refractivity (Wildman–Crippen MR) is 137 cm³/mol. The molecule has 0 radical (unpaired) electrons. The van der Waals surface area contributed by atoms with Crippen LogP contribution < -0.4 is 9.47 Å². The summed E-state index contributed by atoms with van der Waals surface area (Å²) in [5.74, 6) is -0.933. The molecule has 0 aliphatic carbocycles. The molecule has 0 aliphatic heterocycles. The van der Waals surface area contributed by atoms with E-state index in [2.05, 4.69) is 0 Å². The van der Waals surface area contributed by atoms with Gasteiger partial charge in [-0.25, -0.2) is 0 Å². The molecule has 2 rings (SSSR count). The standard InChI is InChI=1S/C24H25Cl3O9S/c1-14(28)32-12-19(36-16(3)30)13-34-24-22(26)8-21(9-23(24)27)37(31)20-6-4-17(5-7-20)33-11-18(10-25)35-15(2)29/h4-9,18-19H,10-13H2,1-3H3/t18-,19+,37?/m0/s1. The van der Waals surface area contributed by atoms with E-state index in [4.69, 9.17) is 58.5 Å². The van der Waals surface area contributed by atoms with Crippen LogP contribution in [-0.2, 0) is 39.8 Å². The second kappa shape index (κ2) is 15.1. The maximum atomic E-state index is 13.1. The zero-order chi connectivity index (χ0) is 27.5. The van der Waals surface area contributed by atoms with Gasteiger partial charge in [0.25, 0.3) is 0 Å². The molecule has 13 heteroatoms. The second-order valence-corrected chi connectivity index (χ2v) is 10.1. The first-order valence-electron chi connectivity index (χ1n) is 10.8. The van der Waals surface area contributed by atoms with Crippen molar-refractivity contribution in [2.75, 3.05) is 25.7 Å². The number of hydrogen-bond acceptors (Lipinski definition) is 9. The molecule has 2 aromatic carbocycles. The van der Waals surface area contributed by atoms with Crippen LogP contribution in [0.5, 0.6) is 11.5 Å². The normalized spacial score (nSPS) is 13.2. The van der Waals surface area contributed by atoms with E-state index >= 15 is 0 Å². The average Bonchev–Trinajstić information content (AvgIpc) is 2.83. The zero-order valence-electron chi connectivity index (χ0n) is 20.2. The number of halogens is 3. The number of alkyl halides is 1. The summed E-state index contributed by atoms with van der Waals surface area (Å²) >= 11 is 16.8. The fourth-order valence-electron chi connectivity index (χ4n) is 2.85. The van der Waals surface area contributed by atoms with Gasteiger partial charge in [-0.05, 0) is 24.3 Å². The third-order valence-electron chi connectivity index (χ3n) is 4.38. The SMILES string of the molecule is CC(=O)OC[C@H](COc1c(Cl)cc([S+]([O-])c2ccc(OC[C@H](CCl)OC(C)=O)cc2)cc1Cl)OC(C)=O. The first-order chi connectivity index (χ1) is 17.5. The number of carbonyl (C=O) groups excluding carboxylic acids is 3. The third kappa shape index (κ3) is 10.5. The monoisotopic (exact) mass is 594 g/mol. The quantitative estimate of drug-likeness (QED) is 0.142. The molecule has 202 valence electrons. The van der Waals surface area contributed by atoms with Crippen LogP contribution in [-0.4, -0.2) is 60.4 Å². The Morgan fingerprint density at radius 3 is 1.86 bits per heavy atom. The molecule has 0 bridgehead atoms. The van der Waals surface area contributed by atoms with Gasteiger partial charge >= 0.3 is 17.9 Å². The lowest BCUT2D eigenvalue weighted by molar-refractivity contribution is -0.158. The summed E-state index contributed by atoms with van der Waals surface area (Å²) in [6.45, 7) is 3.40. The largest absolute Gasteiger partial charge is 0.606 e. The van der Waals surface area contributed by atoms with Crippen molar-refractivity contribution in [2.45, 2.75) is 42.8 Å². The van der Waals surface area contributed by atoms with Crippen molar-refractivity contribution >= 4 is 63.9 Å². The molecule has 37 heavy (non-hydrogen) atoms. The van der Waals surface area contributed by atoms with Gasteiger partial charge in [-0.15, -0.1) is 11.6 Å². The Morgan fingerprint density at radius 2 is 1.35 bits per heavy atom. The molecule has 0 saturated heterocycles. The van der Waals surface area contributed by atoms with E-state index in [0.717, 1.165) is 0 Å².